The number of anilines is 1. The summed E-state index contributed by atoms with van der Waals surface area (Å²) >= 11 is 0. The maximum atomic E-state index is 12.1. The largest absolute Gasteiger partial charge is 0.462 e. The Labute approximate surface area is 160 Å². The van der Waals surface area contributed by atoms with Crippen molar-refractivity contribution >= 4 is 17.6 Å². The van der Waals surface area contributed by atoms with Crippen LogP contribution in [0.1, 0.15) is 19.4 Å². The number of nitrogens with zero attached hydrogens (tertiary/aromatic N) is 2. The van der Waals surface area contributed by atoms with Crippen LogP contribution in [0.2, 0.25) is 0 Å². The second-order valence-electron chi connectivity index (χ2n) is 6.15. The molecule has 1 fully saturated rings. The molecule has 2 rings (SSSR count). The molecule has 0 aliphatic carbocycles. The first-order valence-corrected chi connectivity index (χ1v) is 9.23. The average molecular weight is 376 g/mol. The maximum Gasteiger partial charge on any atom is 0.347 e. The number of morpholine rings is 1. The van der Waals surface area contributed by atoms with Gasteiger partial charge < -0.3 is 19.1 Å². The highest BCUT2D eigenvalue weighted by molar-refractivity contribution is 6.14. The number of esters is 2. The van der Waals surface area contributed by atoms with Crippen molar-refractivity contribution in [1.82, 2.24) is 4.90 Å². The number of carbonyl (C=O) groups excluding carboxylic acids is 2. The highest BCUT2D eigenvalue weighted by Gasteiger charge is 2.22. The number of carbonyl (C=O) groups is 2. The van der Waals surface area contributed by atoms with Crippen LogP contribution in [0.3, 0.4) is 0 Å². The third-order valence-corrected chi connectivity index (χ3v) is 4.17. The molecular weight excluding hydrogens is 348 g/mol. The van der Waals surface area contributed by atoms with Crippen LogP contribution in [0.15, 0.2) is 36.0 Å². The standard InChI is InChI=1S/C20H28N2O5/c1-4-26-19(23)18(20(24)27-5-2)15-21(3)17-8-6-16(7-9-17)14-22-10-12-25-13-11-22/h6-9,15H,4-5,10-14H2,1-3H3. The lowest BCUT2D eigenvalue weighted by Gasteiger charge is -2.26. The molecule has 7 heteroatoms. The summed E-state index contributed by atoms with van der Waals surface area (Å²) in [5.74, 6) is -1.38. The Kier molecular flexibility index (Phi) is 8.29. The maximum absolute atomic E-state index is 12.1. The molecule has 1 saturated heterocycles. The number of ether oxygens (including phenoxy) is 3. The first kappa shape index (κ1) is 20.9. The van der Waals surface area contributed by atoms with E-state index in [4.69, 9.17) is 14.2 Å². The van der Waals surface area contributed by atoms with E-state index in [0.29, 0.717) is 0 Å². The summed E-state index contributed by atoms with van der Waals surface area (Å²) in [5.41, 5.74) is 1.93. The molecular formula is C20H28N2O5. The second-order valence-corrected chi connectivity index (χ2v) is 6.15. The molecule has 0 amide bonds. The van der Waals surface area contributed by atoms with Crippen molar-refractivity contribution in [1.29, 1.82) is 0 Å². The summed E-state index contributed by atoms with van der Waals surface area (Å²) in [5, 5.41) is 0. The van der Waals surface area contributed by atoms with Crippen LogP contribution in [-0.4, -0.2) is 63.4 Å². The molecule has 0 bridgehead atoms. The third-order valence-electron chi connectivity index (χ3n) is 4.17. The molecule has 1 aliphatic heterocycles. The summed E-state index contributed by atoms with van der Waals surface area (Å²) in [6.07, 6.45) is 1.45. The Bertz CT molecular complexity index is 631. The van der Waals surface area contributed by atoms with E-state index < -0.39 is 11.9 Å². The lowest BCUT2D eigenvalue weighted by Crippen LogP contribution is -2.35. The molecule has 27 heavy (non-hydrogen) atoms. The van der Waals surface area contributed by atoms with E-state index >= 15 is 0 Å². The SMILES string of the molecule is CCOC(=O)C(=CN(C)c1ccc(CN2CCOCC2)cc1)C(=O)OCC. The van der Waals surface area contributed by atoms with Crippen molar-refractivity contribution in [2.24, 2.45) is 0 Å². The van der Waals surface area contributed by atoms with Gasteiger partial charge in [0.25, 0.3) is 0 Å². The van der Waals surface area contributed by atoms with Gasteiger partial charge in [-0.15, -0.1) is 0 Å². The van der Waals surface area contributed by atoms with Gasteiger partial charge in [-0.2, -0.15) is 0 Å². The summed E-state index contributed by atoms with van der Waals surface area (Å²) in [7, 11) is 1.77. The summed E-state index contributed by atoms with van der Waals surface area (Å²) in [6.45, 7) is 8.06. The molecule has 0 radical (unpaired) electrons. The van der Waals surface area contributed by atoms with Crippen molar-refractivity contribution < 1.29 is 23.8 Å². The van der Waals surface area contributed by atoms with Gasteiger partial charge in [0.05, 0.1) is 26.4 Å². The first-order valence-electron chi connectivity index (χ1n) is 9.23. The number of hydrogen-bond acceptors (Lipinski definition) is 7. The predicted molar refractivity (Wildman–Crippen MR) is 102 cm³/mol. The van der Waals surface area contributed by atoms with Gasteiger partial charge in [0.15, 0.2) is 5.57 Å². The number of rotatable bonds is 8. The van der Waals surface area contributed by atoms with Crippen molar-refractivity contribution in [3.05, 3.63) is 41.6 Å². The smallest absolute Gasteiger partial charge is 0.347 e. The molecule has 1 aromatic carbocycles. The van der Waals surface area contributed by atoms with Crippen LogP contribution in [0.25, 0.3) is 0 Å². The molecule has 7 nitrogen and oxygen atoms in total. The van der Waals surface area contributed by atoms with Gasteiger partial charge in [-0.3, -0.25) is 4.90 Å². The Hall–Kier alpha value is -2.38. The van der Waals surface area contributed by atoms with E-state index in [-0.39, 0.29) is 18.8 Å². The van der Waals surface area contributed by atoms with Crippen LogP contribution in [0.4, 0.5) is 5.69 Å². The van der Waals surface area contributed by atoms with Gasteiger partial charge in [0.1, 0.15) is 0 Å². The number of hydrogen-bond donors (Lipinski definition) is 0. The van der Waals surface area contributed by atoms with Crippen molar-refractivity contribution in [3.8, 4) is 0 Å². The van der Waals surface area contributed by atoms with E-state index in [0.717, 1.165) is 38.5 Å². The van der Waals surface area contributed by atoms with Crippen molar-refractivity contribution in [3.63, 3.8) is 0 Å². The Morgan fingerprint density at radius 1 is 1.07 bits per heavy atom. The zero-order valence-electron chi connectivity index (χ0n) is 16.3. The van der Waals surface area contributed by atoms with Gasteiger partial charge in [0.2, 0.25) is 0 Å². The van der Waals surface area contributed by atoms with E-state index in [9.17, 15) is 9.59 Å². The molecule has 0 saturated carbocycles. The quantitative estimate of drug-likeness (QED) is 0.297. The van der Waals surface area contributed by atoms with Crippen LogP contribution >= 0.6 is 0 Å². The molecule has 0 spiro atoms. The second kappa shape index (κ2) is 10.7. The van der Waals surface area contributed by atoms with E-state index in [1.807, 2.05) is 24.3 Å². The van der Waals surface area contributed by atoms with Crippen molar-refractivity contribution in [2.45, 2.75) is 20.4 Å². The lowest BCUT2D eigenvalue weighted by atomic mass is 10.1. The fourth-order valence-corrected chi connectivity index (χ4v) is 2.73. The van der Waals surface area contributed by atoms with E-state index in [1.54, 1.807) is 25.8 Å². The molecule has 0 N–H and O–H groups in total. The molecule has 0 atom stereocenters. The monoisotopic (exact) mass is 376 g/mol. The highest BCUT2D eigenvalue weighted by Crippen LogP contribution is 2.17. The minimum absolute atomic E-state index is 0.126. The van der Waals surface area contributed by atoms with Crippen LogP contribution in [0, 0.1) is 0 Å². The molecule has 1 aromatic rings. The fourth-order valence-electron chi connectivity index (χ4n) is 2.73. The van der Waals surface area contributed by atoms with Crippen LogP contribution in [0.5, 0.6) is 0 Å². The van der Waals surface area contributed by atoms with E-state index in [2.05, 4.69) is 4.90 Å². The molecule has 0 aromatic heterocycles. The normalized spacial score (nSPS) is 14.3. The Balaban J connectivity index is 2.08. The molecule has 0 unspecified atom stereocenters. The highest BCUT2D eigenvalue weighted by atomic mass is 16.6. The molecule has 148 valence electrons. The predicted octanol–water partition coefficient (Wildman–Crippen LogP) is 1.97. The van der Waals surface area contributed by atoms with Crippen LogP contribution < -0.4 is 4.90 Å². The lowest BCUT2D eigenvalue weighted by molar-refractivity contribution is -0.146. The van der Waals surface area contributed by atoms with Gasteiger partial charge in [-0.25, -0.2) is 9.59 Å². The Morgan fingerprint density at radius 3 is 2.15 bits per heavy atom. The minimum atomic E-state index is -0.688. The van der Waals surface area contributed by atoms with E-state index in [1.165, 1.54) is 11.8 Å². The first-order chi connectivity index (χ1) is 13.0. The van der Waals surface area contributed by atoms with Gasteiger partial charge >= 0.3 is 11.9 Å². The topological polar surface area (TPSA) is 68.3 Å². The van der Waals surface area contributed by atoms with Gasteiger partial charge in [-0.1, -0.05) is 12.1 Å². The summed E-state index contributed by atoms with van der Waals surface area (Å²) < 4.78 is 15.3. The zero-order valence-corrected chi connectivity index (χ0v) is 16.3. The average Bonchev–Trinajstić information content (AvgIpc) is 2.67. The Morgan fingerprint density at radius 2 is 1.63 bits per heavy atom. The summed E-state index contributed by atoms with van der Waals surface area (Å²) in [4.78, 5) is 28.2. The van der Waals surface area contributed by atoms with Gasteiger partial charge in [-0.05, 0) is 31.5 Å². The molecule has 1 aliphatic rings. The van der Waals surface area contributed by atoms with Gasteiger partial charge in [0, 0.05) is 38.6 Å². The zero-order chi connectivity index (χ0) is 19.6. The minimum Gasteiger partial charge on any atom is -0.462 e. The number of benzene rings is 1. The third kappa shape index (κ3) is 6.37. The van der Waals surface area contributed by atoms with Crippen molar-refractivity contribution in [2.75, 3.05) is 51.5 Å². The van der Waals surface area contributed by atoms with Crippen LogP contribution in [-0.2, 0) is 30.3 Å². The fraction of sp³-hybridized carbons (Fsp3) is 0.500. The summed E-state index contributed by atoms with van der Waals surface area (Å²) in [6, 6.07) is 8.01. The molecule has 1 heterocycles.